The van der Waals surface area contributed by atoms with E-state index in [9.17, 15) is 14.4 Å². The van der Waals surface area contributed by atoms with Gasteiger partial charge in [-0.05, 0) is 57.7 Å². The number of nitrogens with zero attached hydrogens (tertiary/aromatic N) is 1. The van der Waals surface area contributed by atoms with E-state index in [0.717, 1.165) is 29.4 Å². The van der Waals surface area contributed by atoms with Gasteiger partial charge in [-0.2, -0.15) is 0 Å². The van der Waals surface area contributed by atoms with Crippen molar-refractivity contribution in [2.24, 2.45) is 0 Å². The number of carbonyl (C=O) groups is 2. The van der Waals surface area contributed by atoms with Crippen molar-refractivity contribution in [3.05, 3.63) is 63.3 Å². The Hall–Kier alpha value is -3.88. The summed E-state index contributed by atoms with van der Waals surface area (Å²) in [6.45, 7) is 6.46. The highest BCUT2D eigenvalue weighted by molar-refractivity contribution is 5.94. The lowest BCUT2D eigenvalue weighted by molar-refractivity contribution is -0.121. The van der Waals surface area contributed by atoms with E-state index < -0.39 is 5.63 Å². The van der Waals surface area contributed by atoms with Crippen LogP contribution in [0.2, 0.25) is 0 Å². The van der Waals surface area contributed by atoms with Crippen molar-refractivity contribution in [2.45, 2.75) is 52.1 Å². The van der Waals surface area contributed by atoms with Crippen LogP contribution in [-0.4, -0.2) is 42.6 Å². The number of aromatic nitrogens is 1. The van der Waals surface area contributed by atoms with Gasteiger partial charge in [0.2, 0.25) is 5.91 Å². The third kappa shape index (κ3) is 5.35. The van der Waals surface area contributed by atoms with Crippen LogP contribution in [0.3, 0.4) is 0 Å². The summed E-state index contributed by atoms with van der Waals surface area (Å²) in [7, 11) is 1.57. The van der Waals surface area contributed by atoms with Gasteiger partial charge in [-0.1, -0.05) is 0 Å². The largest absolute Gasteiger partial charge is 0.496 e. The number of nitrogens with one attached hydrogen (secondary N) is 2. The normalized spacial score (nSPS) is 14.0. The molecule has 3 aromatic rings. The van der Waals surface area contributed by atoms with Crippen LogP contribution in [0.25, 0.3) is 11.0 Å². The van der Waals surface area contributed by atoms with Crippen LogP contribution in [0.4, 0.5) is 0 Å². The molecule has 2 N–H and O–H groups in total. The number of carbonyl (C=O) groups excluding carboxylic acids is 2. The molecule has 0 unspecified atom stereocenters. The number of ether oxygens (including phenoxy) is 2. The summed E-state index contributed by atoms with van der Waals surface area (Å²) in [6.07, 6.45) is 4.95. The van der Waals surface area contributed by atoms with E-state index in [1.807, 2.05) is 26.8 Å². The molecule has 1 aliphatic rings. The first-order chi connectivity index (χ1) is 17.2. The maximum Gasteiger partial charge on any atom is 0.339 e. The van der Waals surface area contributed by atoms with Gasteiger partial charge in [-0.15, -0.1) is 0 Å². The fraction of sp³-hybridized carbons (Fsp3) is 0.407. The van der Waals surface area contributed by atoms with Crippen LogP contribution in [0.5, 0.6) is 11.5 Å². The van der Waals surface area contributed by atoms with Crippen LogP contribution < -0.4 is 25.7 Å². The average molecular weight is 494 g/mol. The SMILES string of the molecule is COc1cc2c(c3oc(=O)c(CCC(=O)NCCNC(=O)c4ccncc4)c(C)c13)CCC(C)(C)O2. The van der Waals surface area contributed by atoms with Gasteiger partial charge in [0.25, 0.3) is 5.91 Å². The minimum absolute atomic E-state index is 0.111. The first-order valence-corrected chi connectivity index (χ1v) is 12.0. The van der Waals surface area contributed by atoms with Crippen molar-refractivity contribution in [2.75, 3.05) is 20.2 Å². The standard InChI is InChI=1S/C27H31N3O6/c1-16-18(5-6-22(31)29-13-14-30-25(32)17-8-11-28-12-9-17)26(33)35-24-19-7-10-27(2,3)36-20(19)15-21(34-4)23(16)24/h8-9,11-12,15H,5-7,10,13-14H2,1-4H3,(H,29,31)(H,30,32). The van der Waals surface area contributed by atoms with E-state index in [1.54, 1.807) is 31.6 Å². The third-order valence-corrected chi connectivity index (χ3v) is 6.44. The molecule has 3 heterocycles. The highest BCUT2D eigenvalue weighted by Gasteiger charge is 2.31. The number of rotatable bonds is 8. The fourth-order valence-electron chi connectivity index (χ4n) is 4.44. The van der Waals surface area contributed by atoms with Gasteiger partial charge in [0.15, 0.2) is 0 Å². The van der Waals surface area contributed by atoms with Gasteiger partial charge in [0.1, 0.15) is 22.7 Å². The molecule has 0 atom stereocenters. The minimum Gasteiger partial charge on any atom is -0.496 e. The average Bonchev–Trinajstić information content (AvgIpc) is 2.85. The molecule has 0 saturated carbocycles. The molecule has 0 radical (unpaired) electrons. The molecule has 0 saturated heterocycles. The van der Waals surface area contributed by atoms with Crippen LogP contribution in [-0.2, 0) is 17.6 Å². The zero-order chi connectivity index (χ0) is 25.9. The van der Waals surface area contributed by atoms with Gasteiger partial charge in [0, 0.05) is 54.7 Å². The van der Waals surface area contributed by atoms with Gasteiger partial charge in [0.05, 0.1) is 12.5 Å². The summed E-state index contributed by atoms with van der Waals surface area (Å²) in [5.41, 5.74) is 2.27. The second kappa shape index (κ2) is 10.4. The van der Waals surface area contributed by atoms with E-state index in [4.69, 9.17) is 13.9 Å². The van der Waals surface area contributed by atoms with Crippen molar-refractivity contribution in [1.82, 2.24) is 15.6 Å². The zero-order valence-corrected chi connectivity index (χ0v) is 21.0. The highest BCUT2D eigenvalue weighted by Crippen LogP contribution is 2.43. The molecule has 0 bridgehead atoms. The lowest BCUT2D eigenvalue weighted by atomic mass is 9.91. The summed E-state index contributed by atoms with van der Waals surface area (Å²) in [5, 5.41) is 6.24. The Balaban J connectivity index is 1.42. The predicted molar refractivity (Wildman–Crippen MR) is 135 cm³/mol. The smallest absolute Gasteiger partial charge is 0.339 e. The van der Waals surface area contributed by atoms with Crippen molar-refractivity contribution >= 4 is 22.8 Å². The number of aryl methyl sites for hydroxylation is 2. The van der Waals surface area contributed by atoms with Crippen molar-refractivity contribution < 1.29 is 23.5 Å². The number of fused-ring (bicyclic) bond motifs is 3. The Morgan fingerprint density at radius 3 is 2.61 bits per heavy atom. The molecule has 36 heavy (non-hydrogen) atoms. The lowest BCUT2D eigenvalue weighted by Crippen LogP contribution is -2.35. The number of amides is 2. The topological polar surface area (TPSA) is 120 Å². The first-order valence-electron chi connectivity index (χ1n) is 12.0. The molecule has 2 amide bonds. The third-order valence-electron chi connectivity index (χ3n) is 6.44. The first kappa shape index (κ1) is 25.2. The molecular weight excluding hydrogens is 462 g/mol. The quantitative estimate of drug-likeness (QED) is 0.366. The monoisotopic (exact) mass is 493 g/mol. The molecule has 2 aromatic heterocycles. The Morgan fingerprint density at radius 1 is 1.17 bits per heavy atom. The van der Waals surface area contributed by atoms with E-state index in [0.29, 0.717) is 28.2 Å². The summed E-state index contributed by atoms with van der Waals surface area (Å²) < 4.78 is 17.5. The molecule has 0 fully saturated rings. The molecule has 1 aliphatic heterocycles. The molecule has 9 nitrogen and oxygen atoms in total. The Labute approximate surface area is 209 Å². The zero-order valence-electron chi connectivity index (χ0n) is 21.0. The van der Waals surface area contributed by atoms with E-state index in [1.165, 1.54) is 0 Å². The molecule has 9 heteroatoms. The van der Waals surface area contributed by atoms with Gasteiger partial charge in [-0.25, -0.2) is 4.79 Å². The highest BCUT2D eigenvalue weighted by atomic mass is 16.5. The van der Waals surface area contributed by atoms with Crippen molar-refractivity contribution in [3.63, 3.8) is 0 Å². The number of benzene rings is 1. The summed E-state index contributed by atoms with van der Waals surface area (Å²) in [5.74, 6) is 0.779. The van der Waals surface area contributed by atoms with Crippen LogP contribution in [0.1, 0.15) is 53.7 Å². The molecule has 4 rings (SSSR count). The summed E-state index contributed by atoms with van der Waals surface area (Å²) in [6, 6.07) is 5.08. The Morgan fingerprint density at radius 2 is 1.89 bits per heavy atom. The summed E-state index contributed by atoms with van der Waals surface area (Å²) >= 11 is 0. The maximum atomic E-state index is 12.9. The number of methoxy groups -OCH3 is 1. The second-order valence-electron chi connectivity index (χ2n) is 9.46. The number of hydrogen-bond donors (Lipinski definition) is 2. The fourth-order valence-corrected chi connectivity index (χ4v) is 4.44. The van der Waals surface area contributed by atoms with E-state index >= 15 is 0 Å². The van der Waals surface area contributed by atoms with Crippen molar-refractivity contribution in [3.8, 4) is 11.5 Å². The number of pyridine rings is 1. The van der Waals surface area contributed by atoms with E-state index in [-0.39, 0.29) is 43.3 Å². The van der Waals surface area contributed by atoms with E-state index in [2.05, 4.69) is 15.6 Å². The van der Waals surface area contributed by atoms with Crippen LogP contribution in [0, 0.1) is 6.92 Å². The number of hydrogen-bond acceptors (Lipinski definition) is 7. The Bertz CT molecular complexity index is 1350. The maximum absolute atomic E-state index is 12.9. The lowest BCUT2D eigenvalue weighted by Gasteiger charge is -2.33. The minimum atomic E-state index is -0.460. The van der Waals surface area contributed by atoms with Crippen LogP contribution in [0.15, 0.2) is 39.8 Å². The molecule has 0 spiro atoms. The van der Waals surface area contributed by atoms with Gasteiger partial charge in [-0.3, -0.25) is 14.6 Å². The predicted octanol–water partition coefficient (Wildman–Crippen LogP) is 3.09. The van der Waals surface area contributed by atoms with Crippen LogP contribution >= 0.6 is 0 Å². The molecule has 1 aromatic carbocycles. The second-order valence-corrected chi connectivity index (χ2v) is 9.46. The summed E-state index contributed by atoms with van der Waals surface area (Å²) in [4.78, 5) is 41.2. The van der Waals surface area contributed by atoms with Crippen molar-refractivity contribution in [1.29, 1.82) is 0 Å². The molecule has 0 aliphatic carbocycles. The Kier molecular flexibility index (Phi) is 7.28. The molecule has 190 valence electrons. The van der Waals surface area contributed by atoms with Gasteiger partial charge < -0.3 is 24.5 Å². The molecular formula is C27H31N3O6. The van der Waals surface area contributed by atoms with Gasteiger partial charge >= 0.3 is 5.63 Å².